The first-order chi connectivity index (χ1) is 13.5. The maximum atomic E-state index is 12.9. The van der Waals surface area contributed by atoms with Gasteiger partial charge in [-0.2, -0.15) is 0 Å². The third kappa shape index (κ3) is 2.87. The first kappa shape index (κ1) is 18.0. The maximum absolute atomic E-state index is 12.9. The lowest BCUT2D eigenvalue weighted by molar-refractivity contribution is -0.130. The zero-order valence-electron chi connectivity index (χ0n) is 15.7. The fourth-order valence-corrected chi connectivity index (χ4v) is 3.71. The zero-order valence-corrected chi connectivity index (χ0v) is 15.7. The molecule has 0 saturated heterocycles. The highest BCUT2D eigenvalue weighted by Gasteiger charge is 2.44. The van der Waals surface area contributed by atoms with Gasteiger partial charge in [0.05, 0.1) is 11.6 Å². The van der Waals surface area contributed by atoms with Crippen molar-refractivity contribution in [2.45, 2.75) is 26.4 Å². The van der Waals surface area contributed by atoms with Crippen molar-refractivity contribution in [1.29, 1.82) is 0 Å². The van der Waals surface area contributed by atoms with Crippen molar-refractivity contribution in [3.63, 3.8) is 0 Å². The van der Waals surface area contributed by atoms with Crippen molar-refractivity contribution in [3.8, 4) is 0 Å². The second-order valence-corrected chi connectivity index (χ2v) is 7.26. The average molecular weight is 375 g/mol. The van der Waals surface area contributed by atoms with Gasteiger partial charge in [0.1, 0.15) is 0 Å². The van der Waals surface area contributed by atoms with Crippen LogP contribution in [0, 0.1) is 5.92 Å². The number of para-hydroxylation sites is 1. The first-order valence-corrected chi connectivity index (χ1v) is 9.22. The van der Waals surface area contributed by atoms with Gasteiger partial charge in [0, 0.05) is 47.5 Å². The number of carbonyl (C=O) groups is 2. The minimum atomic E-state index is -0.647. The van der Waals surface area contributed by atoms with Crippen molar-refractivity contribution < 1.29 is 14.7 Å². The van der Waals surface area contributed by atoms with Crippen LogP contribution in [-0.2, 0) is 16.1 Å². The molecule has 3 aromatic rings. The minimum absolute atomic E-state index is 0.166. The summed E-state index contributed by atoms with van der Waals surface area (Å²) in [7, 11) is 0. The normalized spacial score (nSPS) is 17.2. The Morgan fingerprint density at radius 3 is 2.64 bits per heavy atom. The van der Waals surface area contributed by atoms with Gasteiger partial charge >= 0.3 is 0 Å². The van der Waals surface area contributed by atoms with Gasteiger partial charge in [-0.1, -0.05) is 32.0 Å². The molecule has 0 spiro atoms. The number of ketones is 1. The van der Waals surface area contributed by atoms with E-state index < -0.39 is 17.7 Å². The van der Waals surface area contributed by atoms with Crippen LogP contribution in [0.3, 0.4) is 0 Å². The van der Waals surface area contributed by atoms with Gasteiger partial charge < -0.3 is 15.0 Å². The molecule has 0 radical (unpaired) electrons. The minimum Gasteiger partial charge on any atom is -0.503 e. The van der Waals surface area contributed by atoms with E-state index in [1.165, 1.54) is 0 Å². The predicted molar refractivity (Wildman–Crippen MR) is 105 cm³/mol. The highest BCUT2D eigenvalue weighted by Crippen LogP contribution is 2.42. The number of H-pyrrole nitrogens is 1. The van der Waals surface area contributed by atoms with E-state index in [-0.39, 0.29) is 23.8 Å². The molecule has 1 atom stereocenters. The van der Waals surface area contributed by atoms with E-state index >= 15 is 0 Å². The number of aliphatic hydroxyl groups is 1. The molecule has 0 fully saturated rings. The third-order valence-corrected chi connectivity index (χ3v) is 5.11. The molecule has 1 amide bonds. The maximum Gasteiger partial charge on any atom is 0.290 e. The summed E-state index contributed by atoms with van der Waals surface area (Å²) in [5.41, 5.74) is 2.75. The number of hydrogen-bond acceptors (Lipinski definition) is 4. The lowest BCUT2D eigenvalue weighted by Crippen LogP contribution is -2.31. The fourth-order valence-electron chi connectivity index (χ4n) is 3.71. The Bertz CT molecular complexity index is 1080. The summed E-state index contributed by atoms with van der Waals surface area (Å²) in [4.78, 5) is 34.6. The van der Waals surface area contributed by atoms with E-state index in [1.807, 2.05) is 42.6 Å². The average Bonchev–Trinajstić information content (AvgIpc) is 3.22. The number of fused-ring (bicyclic) bond motifs is 1. The van der Waals surface area contributed by atoms with E-state index in [0.717, 1.165) is 22.0 Å². The molecule has 1 aliphatic heterocycles. The van der Waals surface area contributed by atoms with Gasteiger partial charge in [0.15, 0.2) is 11.5 Å². The van der Waals surface area contributed by atoms with Crippen LogP contribution in [0.15, 0.2) is 66.3 Å². The quantitative estimate of drug-likeness (QED) is 0.712. The lowest BCUT2D eigenvalue weighted by Gasteiger charge is -2.27. The second kappa shape index (κ2) is 6.96. The number of nitrogens with one attached hydrogen (secondary N) is 1. The number of amides is 1. The number of benzene rings is 1. The molecule has 2 aromatic heterocycles. The van der Waals surface area contributed by atoms with Gasteiger partial charge in [0.25, 0.3) is 5.91 Å². The molecule has 4 rings (SSSR count). The molecule has 1 unspecified atom stereocenters. The van der Waals surface area contributed by atoms with Crippen molar-refractivity contribution in [1.82, 2.24) is 14.9 Å². The molecule has 6 heteroatoms. The largest absolute Gasteiger partial charge is 0.503 e. The number of aliphatic hydroxyl groups excluding tert-OH is 1. The van der Waals surface area contributed by atoms with E-state index in [0.29, 0.717) is 0 Å². The van der Waals surface area contributed by atoms with Gasteiger partial charge in [-0.3, -0.25) is 14.6 Å². The van der Waals surface area contributed by atoms with Gasteiger partial charge in [-0.25, -0.2) is 0 Å². The van der Waals surface area contributed by atoms with E-state index in [1.54, 1.807) is 31.1 Å². The van der Waals surface area contributed by atoms with Crippen molar-refractivity contribution in [2.75, 3.05) is 0 Å². The number of Topliss-reactive ketones (excluding diaryl/α,β-unsaturated/α-hetero) is 1. The summed E-state index contributed by atoms with van der Waals surface area (Å²) in [5, 5.41) is 11.5. The standard InChI is InChI=1S/C22H21N3O3/c1-13(2)20(26)18-19(16-11-24-17-6-4-3-5-15(16)17)25(22(28)21(18)27)12-14-7-9-23-10-8-14/h3-11,13,19,24,27H,12H2,1-2H3. The number of rotatable bonds is 5. The van der Waals surface area contributed by atoms with Crippen LogP contribution in [0.1, 0.15) is 31.0 Å². The summed E-state index contributed by atoms with van der Waals surface area (Å²) >= 11 is 0. The second-order valence-electron chi connectivity index (χ2n) is 7.26. The van der Waals surface area contributed by atoms with Crippen molar-refractivity contribution in [3.05, 3.63) is 77.4 Å². The molecule has 3 heterocycles. The Morgan fingerprint density at radius 1 is 1.21 bits per heavy atom. The van der Waals surface area contributed by atoms with Crippen LogP contribution in [-0.4, -0.2) is 31.7 Å². The molecule has 1 aliphatic rings. The molecule has 28 heavy (non-hydrogen) atoms. The highest BCUT2D eigenvalue weighted by atomic mass is 16.3. The molecule has 142 valence electrons. The molecule has 0 saturated carbocycles. The van der Waals surface area contributed by atoms with Crippen LogP contribution in [0.4, 0.5) is 0 Å². The zero-order chi connectivity index (χ0) is 19.8. The molecule has 0 aliphatic carbocycles. The van der Waals surface area contributed by atoms with Gasteiger partial charge in [-0.05, 0) is 23.8 Å². The van der Waals surface area contributed by atoms with Gasteiger partial charge in [0.2, 0.25) is 0 Å². The van der Waals surface area contributed by atoms with E-state index in [9.17, 15) is 14.7 Å². The summed E-state index contributed by atoms with van der Waals surface area (Å²) < 4.78 is 0. The Balaban J connectivity index is 1.86. The van der Waals surface area contributed by atoms with Crippen LogP contribution >= 0.6 is 0 Å². The third-order valence-electron chi connectivity index (χ3n) is 5.11. The molecule has 2 N–H and O–H groups in total. The summed E-state index contributed by atoms with van der Waals surface area (Å²) in [6, 6.07) is 10.7. The molecule has 6 nitrogen and oxygen atoms in total. The van der Waals surface area contributed by atoms with E-state index in [4.69, 9.17) is 0 Å². The topological polar surface area (TPSA) is 86.3 Å². The molecular weight excluding hydrogens is 354 g/mol. The summed E-state index contributed by atoms with van der Waals surface area (Å²) in [5.74, 6) is -1.55. The Morgan fingerprint density at radius 2 is 1.93 bits per heavy atom. The number of carbonyl (C=O) groups excluding carboxylic acids is 2. The van der Waals surface area contributed by atoms with Crippen LogP contribution in [0.25, 0.3) is 10.9 Å². The number of aromatic amines is 1. The number of aromatic nitrogens is 2. The fraction of sp³-hybridized carbons (Fsp3) is 0.227. The monoisotopic (exact) mass is 375 g/mol. The molecular formula is C22H21N3O3. The summed E-state index contributed by atoms with van der Waals surface area (Å²) in [6.45, 7) is 3.81. The van der Waals surface area contributed by atoms with Crippen molar-refractivity contribution >= 4 is 22.6 Å². The van der Waals surface area contributed by atoms with Crippen molar-refractivity contribution in [2.24, 2.45) is 5.92 Å². The first-order valence-electron chi connectivity index (χ1n) is 9.22. The predicted octanol–water partition coefficient (Wildman–Crippen LogP) is 3.68. The van der Waals surface area contributed by atoms with Crippen LogP contribution in [0.2, 0.25) is 0 Å². The Hall–Kier alpha value is -3.41. The molecule has 1 aromatic carbocycles. The lowest BCUT2D eigenvalue weighted by atomic mass is 9.91. The smallest absolute Gasteiger partial charge is 0.290 e. The Kier molecular flexibility index (Phi) is 4.47. The summed E-state index contributed by atoms with van der Waals surface area (Å²) in [6.07, 6.45) is 5.13. The number of nitrogens with zero attached hydrogens (tertiary/aromatic N) is 2. The van der Waals surface area contributed by atoms with E-state index in [2.05, 4.69) is 9.97 Å². The number of pyridine rings is 1. The van der Waals surface area contributed by atoms with Crippen LogP contribution in [0.5, 0.6) is 0 Å². The Labute approximate surface area is 162 Å². The number of hydrogen-bond donors (Lipinski definition) is 2. The van der Waals surface area contributed by atoms with Crippen LogP contribution < -0.4 is 0 Å². The highest BCUT2D eigenvalue weighted by molar-refractivity contribution is 6.10. The SMILES string of the molecule is CC(C)C(=O)C1=C(O)C(=O)N(Cc2ccncc2)C1c1c[nH]c2ccccc12. The molecule has 0 bridgehead atoms. The van der Waals surface area contributed by atoms with Gasteiger partial charge in [-0.15, -0.1) is 0 Å².